The van der Waals surface area contributed by atoms with Crippen molar-refractivity contribution < 1.29 is 14.7 Å². The van der Waals surface area contributed by atoms with Crippen LogP contribution < -0.4 is 10.4 Å². The van der Waals surface area contributed by atoms with Gasteiger partial charge in [-0.3, -0.25) is 4.79 Å². The van der Waals surface area contributed by atoms with Crippen LogP contribution in [0.25, 0.3) is 0 Å². The summed E-state index contributed by atoms with van der Waals surface area (Å²) in [7, 11) is 0. The quantitative estimate of drug-likeness (QED) is 0.806. The van der Waals surface area contributed by atoms with E-state index in [4.69, 9.17) is 0 Å². The molecule has 1 N–H and O–H groups in total. The molecule has 0 radical (unpaired) electrons. The number of aliphatic carboxylic acids is 1. The number of rotatable bonds is 7. The average Bonchev–Trinajstić information content (AvgIpc) is 2.54. The van der Waals surface area contributed by atoms with E-state index in [9.17, 15) is 14.7 Å². The van der Waals surface area contributed by atoms with Gasteiger partial charge >= 0.3 is 0 Å². The van der Waals surface area contributed by atoms with Crippen LogP contribution in [0, 0.1) is 5.92 Å². The number of carbonyl (C=O) groups excluding carboxylic acids is 2. The normalized spacial score (nSPS) is 11.7. The Morgan fingerprint density at radius 3 is 2.26 bits per heavy atom. The molecule has 2 aromatic rings. The Bertz CT molecular complexity index is 656. The van der Waals surface area contributed by atoms with E-state index in [2.05, 4.69) is 21.2 Å². The van der Waals surface area contributed by atoms with Crippen LogP contribution in [0.1, 0.15) is 17.5 Å². The molecular weight excluding hydrogens is 358 g/mol. The summed E-state index contributed by atoms with van der Waals surface area (Å²) in [5, 5.41) is 13.7. The summed E-state index contributed by atoms with van der Waals surface area (Å²) in [6.45, 7) is 0.379. The van der Waals surface area contributed by atoms with Crippen LogP contribution in [0.5, 0.6) is 0 Å². The van der Waals surface area contributed by atoms with Crippen LogP contribution in [-0.2, 0) is 22.6 Å². The molecule has 0 fully saturated rings. The fraction of sp³-hybridized carbons (Fsp3) is 0.222. The number of carboxylic acid groups (broad SMARTS) is 1. The Morgan fingerprint density at radius 2 is 1.65 bits per heavy atom. The molecule has 120 valence electrons. The molecule has 1 atom stereocenters. The molecule has 2 rings (SSSR count). The molecule has 0 saturated carbocycles. The lowest BCUT2D eigenvalue weighted by Gasteiger charge is -2.17. The molecule has 0 heterocycles. The maximum Gasteiger partial charge on any atom is 0.224 e. The van der Waals surface area contributed by atoms with E-state index in [1.807, 2.05) is 54.6 Å². The van der Waals surface area contributed by atoms with Gasteiger partial charge < -0.3 is 15.2 Å². The summed E-state index contributed by atoms with van der Waals surface area (Å²) in [6.07, 6.45) is 0.0680. The predicted octanol–water partition coefficient (Wildman–Crippen LogP) is 2.06. The van der Waals surface area contributed by atoms with E-state index in [0.29, 0.717) is 13.0 Å². The molecule has 4 nitrogen and oxygen atoms in total. The highest BCUT2D eigenvalue weighted by atomic mass is 79.9. The number of amides is 1. The molecule has 0 bridgehead atoms. The van der Waals surface area contributed by atoms with Crippen molar-refractivity contribution in [1.82, 2.24) is 5.32 Å². The van der Waals surface area contributed by atoms with E-state index in [0.717, 1.165) is 15.6 Å². The zero-order valence-corrected chi connectivity index (χ0v) is 14.1. The highest BCUT2D eigenvalue weighted by molar-refractivity contribution is 9.10. The number of carbonyl (C=O) groups is 2. The average molecular weight is 375 g/mol. The van der Waals surface area contributed by atoms with Crippen molar-refractivity contribution >= 4 is 27.8 Å². The predicted molar refractivity (Wildman–Crippen MR) is 89.2 cm³/mol. The van der Waals surface area contributed by atoms with Crippen LogP contribution in [0.3, 0.4) is 0 Å². The minimum atomic E-state index is -1.22. The molecule has 2 aromatic carbocycles. The lowest BCUT2D eigenvalue weighted by Crippen LogP contribution is -2.36. The minimum Gasteiger partial charge on any atom is -0.550 e. The van der Waals surface area contributed by atoms with Gasteiger partial charge in [0.15, 0.2) is 0 Å². The largest absolute Gasteiger partial charge is 0.550 e. The second-order valence-corrected chi connectivity index (χ2v) is 6.22. The Labute approximate surface area is 143 Å². The van der Waals surface area contributed by atoms with Crippen molar-refractivity contribution in [3.05, 3.63) is 70.2 Å². The van der Waals surface area contributed by atoms with E-state index >= 15 is 0 Å². The molecule has 0 spiro atoms. The molecule has 0 aliphatic heterocycles. The monoisotopic (exact) mass is 374 g/mol. The van der Waals surface area contributed by atoms with Gasteiger partial charge in [-0.05, 0) is 36.1 Å². The highest BCUT2D eigenvalue weighted by Gasteiger charge is 2.19. The zero-order valence-electron chi connectivity index (χ0n) is 12.5. The van der Waals surface area contributed by atoms with Gasteiger partial charge in [0.2, 0.25) is 5.91 Å². The van der Waals surface area contributed by atoms with Gasteiger partial charge in [-0.2, -0.15) is 0 Å². The summed E-state index contributed by atoms with van der Waals surface area (Å²) in [5.41, 5.74) is 1.88. The van der Waals surface area contributed by atoms with Crippen molar-refractivity contribution in [2.45, 2.75) is 19.4 Å². The first kappa shape index (κ1) is 17.2. The smallest absolute Gasteiger partial charge is 0.224 e. The fourth-order valence-electron chi connectivity index (χ4n) is 2.29. The van der Waals surface area contributed by atoms with E-state index in [1.54, 1.807) is 0 Å². The zero-order chi connectivity index (χ0) is 16.7. The lowest BCUT2D eigenvalue weighted by atomic mass is 9.95. The van der Waals surface area contributed by atoms with E-state index in [-0.39, 0.29) is 12.3 Å². The molecule has 0 aliphatic carbocycles. The molecule has 0 unspecified atom stereocenters. The molecule has 23 heavy (non-hydrogen) atoms. The summed E-state index contributed by atoms with van der Waals surface area (Å²) in [4.78, 5) is 23.2. The third-order valence-corrected chi connectivity index (χ3v) is 4.02. The first-order valence-electron chi connectivity index (χ1n) is 7.30. The number of halogens is 1. The summed E-state index contributed by atoms with van der Waals surface area (Å²) in [6, 6.07) is 17.0. The third kappa shape index (κ3) is 5.87. The third-order valence-electron chi connectivity index (χ3n) is 3.49. The van der Waals surface area contributed by atoms with Crippen molar-refractivity contribution in [2.24, 2.45) is 5.92 Å². The molecule has 0 aromatic heterocycles. The van der Waals surface area contributed by atoms with Crippen LogP contribution in [0.2, 0.25) is 0 Å². The SMILES string of the molecule is O=C([O-])C[C@H](Cc1ccc(Br)cc1)C(=O)NCc1ccccc1. The van der Waals surface area contributed by atoms with Crippen molar-refractivity contribution in [3.8, 4) is 0 Å². The van der Waals surface area contributed by atoms with Gasteiger partial charge in [-0.25, -0.2) is 0 Å². The maximum atomic E-state index is 12.3. The summed E-state index contributed by atoms with van der Waals surface area (Å²) in [5.74, 6) is -2.15. The first-order chi connectivity index (χ1) is 11.0. The Hall–Kier alpha value is -2.14. The molecule has 1 amide bonds. The van der Waals surface area contributed by atoms with Gasteiger partial charge in [0.25, 0.3) is 0 Å². The molecule has 0 saturated heterocycles. The highest BCUT2D eigenvalue weighted by Crippen LogP contribution is 2.16. The summed E-state index contributed by atoms with van der Waals surface area (Å²) >= 11 is 3.35. The van der Waals surface area contributed by atoms with Crippen molar-refractivity contribution in [3.63, 3.8) is 0 Å². The van der Waals surface area contributed by atoms with Gasteiger partial charge in [0.1, 0.15) is 0 Å². The number of nitrogens with one attached hydrogen (secondary N) is 1. The standard InChI is InChI=1S/C18H18BrNO3/c19-16-8-6-13(7-9-16)10-15(11-17(21)22)18(23)20-12-14-4-2-1-3-5-14/h1-9,15H,10-12H2,(H,20,23)(H,21,22)/p-1/t15-/m0/s1. The molecule has 0 aliphatic rings. The van der Waals surface area contributed by atoms with Gasteiger partial charge in [0.05, 0.1) is 0 Å². The number of carboxylic acids is 1. The van der Waals surface area contributed by atoms with Crippen LogP contribution >= 0.6 is 15.9 Å². The Kier molecular flexibility index (Phi) is 6.35. The van der Waals surface area contributed by atoms with Gasteiger partial charge in [-0.15, -0.1) is 0 Å². The van der Waals surface area contributed by atoms with Crippen LogP contribution in [0.15, 0.2) is 59.1 Å². The first-order valence-corrected chi connectivity index (χ1v) is 8.10. The molecule has 5 heteroatoms. The Balaban J connectivity index is 2.00. The van der Waals surface area contributed by atoms with Gasteiger partial charge in [-0.1, -0.05) is 58.4 Å². The second-order valence-electron chi connectivity index (χ2n) is 5.31. The van der Waals surface area contributed by atoms with Crippen molar-refractivity contribution in [2.75, 3.05) is 0 Å². The summed E-state index contributed by atoms with van der Waals surface area (Å²) < 4.78 is 0.936. The maximum absolute atomic E-state index is 12.3. The number of hydrogen-bond donors (Lipinski definition) is 1. The Morgan fingerprint density at radius 1 is 1.00 bits per heavy atom. The van der Waals surface area contributed by atoms with Crippen LogP contribution in [-0.4, -0.2) is 11.9 Å². The van der Waals surface area contributed by atoms with Crippen molar-refractivity contribution in [1.29, 1.82) is 0 Å². The van der Waals surface area contributed by atoms with E-state index < -0.39 is 11.9 Å². The van der Waals surface area contributed by atoms with Crippen LogP contribution in [0.4, 0.5) is 0 Å². The minimum absolute atomic E-state index is 0.277. The van der Waals surface area contributed by atoms with E-state index in [1.165, 1.54) is 0 Å². The van der Waals surface area contributed by atoms with Gasteiger partial charge in [0, 0.05) is 22.9 Å². The second kappa shape index (κ2) is 8.48. The topological polar surface area (TPSA) is 69.2 Å². The fourth-order valence-corrected chi connectivity index (χ4v) is 2.56. The number of benzene rings is 2. The molecular formula is C18H17BrNO3-. The lowest BCUT2D eigenvalue weighted by molar-refractivity contribution is -0.306. The number of hydrogen-bond acceptors (Lipinski definition) is 3.